The number of hydrogen-bond acceptors (Lipinski definition) is 1. The lowest BCUT2D eigenvalue weighted by atomic mass is 10.1. The van der Waals surface area contributed by atoms with E-state index < -0.39 is 5.82 Å². The van der Waals surface area contributed by atoms with Crippen molar-refractivity contribution in [2.45, 2.75) is 6.92 Å². The van der Waals surface area contributed by atoms with Gasteiger partial charge < -0.3 is 0 Å². The number of nitriles is 1. The first-order chi connectivity index (χ1) is 5.16. The predicted octanol–water partition coefficient (Wildman–Crippen LogP) is 2.66. The van der Waals surface area contributed by atoms with Crippen LogP contribution in [0.15, 0.2) is 12.1 Å². The van der Waals surface area contributed by atoms with E-state index in [1.165, 1.54) is 19.1 Å². The minimum Gasteiger partial charge on any atom is -0.205 e. The van der Waals surface area contributed by atoms with E-state index in [4.69, 9.17) is 16.9 Å². The zero-order valence-corrected chi connectivity index (χ0v) is 6.61. The quantitative estimate of drug-likeness (QED) is 0.586. The summed E-state index contributed by atoms with van der Waals surface area (Å²) < 4.78 is 12.9. The van der Waals surface area contributed by atoms with Gasteiger partial charge in [0, 0.05) is 5.56 Å². The van der Waals surface area contributed by atoms with Gasteiger partial charge in [-0.15, -0.1) is 0 Å². The first-order valence-corrected chi connectivity index (χ1v) is 3.39. The Morgan fingerprint density at radius 3 is 2.73 bits per heavy atom. The maximum absolute atomic E-state index is 12.9. The van der Waals surface area contributed by atoms with Gasteiger partial charge in [-0.25, -0.2) is 4.39 Å². The first-order valence-electron chi connectivity index (χ1n) is 3.01. The van der Waals surface area contributed by atoms with Gasteiger partial charge in [-0.3, -0.25) is 0 Å². The van der Waals surface area contributed by atoms with Crippen LogP contribution in [0.4, 0.5) is 4.39 Å². The van der Waals surface area contributed by atoms with Crippen molar-refractivity contribution in [1.29, 1.82) is 5.26 Å². The van der Waals surface area contributed by atoms with E-state index in [1.807, 2.05) is 6.07 Å². The molecular formula is C8H5ClFN. The Hall–Kier alpha value is -1.07. The Balaban J connectivity index is 3.40. The molecule has 56 valence electrons. The molecule has 0 saturated carbocycles. The van der Waals surface area contributed by atoms with Crippen LogP contribution in [0.1, 0.15) is 11.1 Å². The summed E-state index contributed by atoms with van der Waals surface area (Å²) in [5.41, 5.74) is 0.631. The Morgan fingerprint density at radius 2 is 2.18 bits per heavy atom. The van der Waals surface area contributed by atoms with Gasteiger partial charge in [0.25, 0.3) is 0 Å². The Morgan fingerprint density at radius 1 is 1.55 bits per heavy atom. The lowest BCUT2D eigenvalue weighted by molar-refractivity contribution is 0.618. The summed E-state index contributed by atoms with van der Waals surface area (Å²) in [6, 6.07) is 4.74. The van der Waals surface area contributed by atoms with E-state index in [1.54, 1.807) is 0 Å². The van der Waals surface area contributed by atoms with Crippen molar-refractivity contribution in [3.8, 4) is 6.07 Å². The molecule has 0 aliphatic rings. The molecule has 3 heteroatoms. The summed E-state index contributed by atoms with van der Waals surface area (Å²) in [4.78, 5) is 0. The number of hydrogen-bond donors (Lipinski definition) is 0. The molecule has 0 heterocycles. The normalized spacial score (nSPS) is 9.27. The highest BCUT2D eigenvalue weighted by molar-refractivity contribution is 6.30. The molecule has 0 atom stereocenters. The lowest BCUT2D eigenvalue weighted by Gasteiger charge is -1.99. The minimum atomic E-state index is -0.509. The number of nitrogens with zero attached hydrogens (tertiary/aromatic N) is 1. The van der Waals surface area contributed by atoms with Gasteiger partial charge in [0.15, 0.2) is 0 Å². The second-order valence-corrected chi connectivity index (χ2v) is 2.55. The van der Waals surface area contributed by atoms with E-state index in [2.05, 4.69) is 0 Å². The molecule has 0 aromatic heterocycles. The molecule has 0 fully saturated rings. The highest BCUT2D eigenvalue weighted by atomic mass is 35.5. The van der Waals surface area contributed by atoms with Crippen LogP contribution in [0.25, 0.3) is 0 Å². The Bertz CT molecular complexity index is 328. The van der Waals surface area contributed by atoms with Gasteiger partial charge in [-0.1, -0.05) is 11.6 Å². The summed E-state index contributed by atoms with van der Waals surface area (Å²) in [7, 11) is 0. The van der Waals surface area contributed by atoms with Crippen molar-refractivity contribution < 1.29 is 4.39 Å². The van der Waals surface area contributed by atoms with E-state index in [9.17, 15) is 4.39 Å². The summed E-state index contributed by atoms with van der Waals surface area (Å²) >= 11 is 5.46. The van der Waals surface area contributed by atoms with Crippen LogP contribution in [-0.2, 0) is 0 Å². The molecule has 0 saturated heterocycles. The van der Waals surface area contributed by atoms with Crippen LogP contribution >= 0.6 is 11.6 Å². The largest absolute Gasteiger partial charge is 0.205 e. The molecular weight excluding hydrogens is 165 g/mol. The fourth-order valence-corrected chi connectivity index (χ4v) is 0.978. The van der Waals surface area contributed by atoms with Crippen LogP contribution < -0.4 is 0 Å². The molecule has 1 aromatic carbocycles. The highest BCUT2D eigenvalue weighted by Gasteiger charge is 2.06. The van der Waals surface area contributed by atoms with Crippen molar-refractivity contribution in [2.75, 3.05) is 0 Å². The van der Waals surface area contributed by atoms with Gasteiger partial charge in [0.2, 0.25) is 0 Å². The van der Waals surface area contributed by atoms with Gasteiger partial charge in [0.1, 0.15) is 5.82 Å². The molecule has 1 nitrogen and oxygen atoms in total. The minimum absolute atomic E-state index is 0.0569. The molecule has 1 rings (SSSR count). The summed E-state index contributed by atoms with van der Waals surface area (Å²) in [5.74, 6) is -0.509. The van der Waals surface area contributed by atoms with Crippen molar-refractivity contribution in [1.82, 2.24) is 0 Å². The Kier molecular flexibility index (Phi) is 2.11. The van der Waals surface area contributed by atoms with Gasteiger partial charge in [-0.05, 0) is 19.1 Å². The average Bonchev–Trinajstić information content (AvgIpc) is 2.01. The molecule has 0 bridgehead atoms. The molecule has 0 aliphatic carbocycles. The zero-order chi connectivity index (χ0) is 8.43. The number of benzene rings is 1. The molecule has 0 amide bonds. The van der Waals surface area contributed by atoms with E-state index in [0.29, 0.717) is 11.1 Å². The Labute approximate surface area is 69.0 Å². The third-order valence-corrected chi connectivity index (χ3v) is 1.75. The zero-order valence-electron chi connectivity index (χ0n) is 5.86. The monoisotopic (exact) mass is 169 g/mol. The summed E-state index contributed by atoms with van der Waals surface area (Å²) in [6.07, 6.45) is 0. The van der Waals surface area contributed by atoms with E-state index in [0.717, 1.165) is 0 Å². The van der Waals surface area contributed by atoms with Crippen molar-refractivity contribution in [3.63, 3.8) is 0 Å². The van der Waals surface area contributed by atoms with E-state index >= 15 is 0 Å². The fourth-order valence-electron chi connectivity index (χ4n) is 0.773. The molecule has 11 heavy (non-hydrogen) atoms. The standard InChI is InChI=1S/C8H5ClFN/c1-5-6(4-11)2-3-7(9)8(5)10/h2-3H,1H3. The highest BCUT2D eigenvalue weighted by Crippen LogP contribution is 2.20. The van der Waals surface area contributed by atoms with Crippen molar-refractivity contribution in [2.24, 2.45) is 0 Å². The molecule has 0 spiro atoms. The third-order valence-electron chi connectivity index (χ3n) is 1.46. The maximum atomic E-state index is 12.9. The van der Waals surface area contributed by atoms with Crippen molar-refractivity contribution in [3.05, 3.63) is 34.1 Å². The second-order valence-electron chi connectivity index (χ2n) is 2.15. The van der Waals surface area contributed by atoms with Crippen LogP contribution in [0.3, 0.4) is 0 Å². The van der Waals surface area contributed by atoms with Crippen LogP contribution in [0.5, 0.6) is 0 Å². The van der Waals surface area contributed by atoms with Crippen LogP contribution in [-0.4, -0.2) is 0 Å². The first kappa shape index (κ1) is 8.03. The van der Waals surface area contributed by atoms with Gasteiger partial charge in [0.05, 0.1) is 16.7 Å². The van der Waals surface area contributed by atoms with Gasteiger partial charge in [-0.2, -0.15) is 5.26 Å². The van der Waals surface area contributed by atoms with Crippen LogP contribution in [0, 0.1) is 24.1 Å². The van der Waals surface area contributed by atoms with Crippen molar-refractivity contribution >= 4 is 11.6 Å². The van der Waals surface area contributed by atoms with E-state index in [-0.39, 0.29) is 5.02 Å². The molecule has 0 unspecified atom stereocenters. The molecule has 0 aliphatic heterocycles. The summed E-state index contributed by atoms with van der Waals surface area (Å²) in [6.45, 7) is 1.53. The topological polar surface area (TPSA) is 23.8 Å². The molecule has 1 aromatic rings. The molecule has 0 radical (unpaired) electrons. The second kappa shape index (κ2) is 2.89. The lowest BCUT2D eigenvalue weighted by Crippen LogP contribution is -1.88. The predicted molar refractivity (Wildman–Crippen MR) is 40.9 cm³/mol. The number of rotatable bonds is 0. The molecule has 0 N–H and O–H groups in total. The third kappa shape index (κ3) is 1.33. The maximum Gasteiger partial charge on any atom is 0.146 e. The number of halogens is 2. The van der Waals surface area contributed by atoms with Crippen LogP contribution in [0.2, 0.25) is 5.02 Å². The smallest absolute Gasteiger partial charge is 0.146 e. The summed E-state index contributed by atoms with van der Waals surface area (Å²) in [5, 5.41) is 8.53. The fraction of sp³-hybridized carbons (Fsp3) is 0.125. The SMILES string of the molecule is Cc1c(C#N)ccc(Cl)c1F. The average molecular weight is 170 g/mol. The van der Waals surface area contributed by atoms with Gasteiger partial charge >= 0.3 is 0 Å².